The molecule has 1 saturated heterocycles. The van der Waals surface area contributed by atoms with E-state index in [2.05, 4.69) is 47.9 Å². The zero-order valence-corrected chi connectivity index (χ0v) is 56.1. The Morgan fingerprint density at radius 1 is 0.685 bits per heavy atom. The summed E-state index contributed by atoms with van der Waals surface area (Å²) in [7, 11) is 1.98. The minimum Gasteiger partial charge on any atom is -0.444 e. The molecule has 6 rings (SSSR count). The standard InChI is InChI=1S/C66H89N9O14S3/c1-10-29-67-61(84)54(38(2)76)74-60(83)51-37-92-91-36-50(71-58(81)48(31-40-20-12-11-13-21-40)73-64(87)89-66(7,8)9)52(78)34-43(32-44-35-90-53-26-17-16-24-46(44)53)56(79)70-49(33-42-28-27-41-22-14-15-23-45(41)42)59(82)69-47(57(80)75-55(39(3)77)62(85)72-51)25-18-19-30-68-63(86)88-65(4,5)6/h11-17,20-24,26,28,35,38-39,43,47-51,54-55,76-77H,10,18-19,25,27,29-34,36-37H2,1-9H3,(H,67,84)(H,68,86)(H,69,82)(H,70,79)(H,71,81)(H,72,85)(H,73,87)(H,74,83)(H,75,80)/t38-,39-,43-,47+,48-,49-,50+,51+,54+,55+/m1/s1. The highest BCUT2D eigenvalue weighted by atomic mass is 33.1. The Bertz CT molecular complexity index is 3260. The zero-order chi connectivity index (χ0) is 67.3. The second-order valence-corrected chi connectivity index (χ2v) is 28.5. The smallest absolute Gasteiger partial charge is 0.408 e. The van der Waals surface area contributed by atoms with Gasteiger partial charge in [0.05, 0.1) is 18.2 Å². The lowest BCUT2D eigenvalue weighted by Gasteiger charge is -2.29. The molecular weight excluding hydrogens is 1240 g/mol. The van der Waals surface area contributed by atoms with Crippen molar-refractivity contribution in [3.63, 3.8) is 0 Å². The van der Waals surface area contributed by atoms with E-state index in [1.807, 2.05) is 66.9 Å². The number of hydrogen-bond acceptors (Lipinski definition) is 17. The third kappa shape index (κ3) is 23.2. The molecule has 23 nitrogen and oxygen atoms in total. The van der Waals surface area contributed by atoms with Crippen LogP contribution in [0.25, 0.3) is 15.7 Å². The second kappa shape index (κ2) is 34.9. The van der Waals surface area contributed by atoms with Crippen molar-refractivity contribution in [2.75, 3.05) is 24.6 Å². The fourth-order valence-electron chi connectivity index (χ4n) is 10.2. The first-order valence-electron chi connectivity index (χ1n) is 31.1. The van der Waals surface area contributed by atoms with Crippen LogP contribution in [-0.4, -0.2) is 160 Å². The molecular formula is C66H89N9O14S3. The van der Waals surface area contributed by atoms with Crippen LogP contribution in [0.2, 0.25) is 0 Å². The lowest BCUT2D eigenvalue weighted by atomic mass is 9.90. The summed E-state index contributed by atoms with van der Waals surface area (Å²) in [5.74, 6) is -8.32. The highest BCUT2D eigenvalue weighted by Crippen LogP contribution is 2.33. The van der Waals surface area contributed by atoms with Gasteiger partial charge in [0.25, 0.3) is 0 Å². The van der Waals surface area contributed by atoms with Crippen LogP contribution in [0.3, 0.4) is 0 Å². The van der Waals surface area contributed by atoms with E-state index in [1.165, 1.54) is 25.2 Å². The van der Waals surface area contributed by atoms with Crippen molar-refractivity contribution in [1.29, 1.82) is 0 Å². The largest absolute Gasteiger partial charge is 0.444 e. The Balaban J connectivity index is 1.45. The molecule has 1 aliphatic heterocycles. The Morgan fingerprint density at radius 3 is 2.03 bits per heavy atom. The summed E-state index contributed by atoms with van der Waals surface area (Å²) in [6.45, 7) is 14.8. The Labute approximate surface area is 549 Å². The number of unbranched alkanes of at least 4 members (excludes halogenated alkanes) is 1. The van der Waals surface area contributed by atoms with Gasteiger partial charge in [0.15, 0.2) is 5.78 Å². The van der Waals surface area contributed by atoms with Crippen LogP contribution in [-0.2, 0) is 67.1 Å². The first kappa shape index (κ1) is 73.5. The molecule has 0 saturated carbocycles. The molecule has 0 unspecified atom stereocenters. The van der Waals surface area contributed by atoms with Crippen molar-refractivity contribution < 1.29 is 67.6 Å². The van der Waals surface area contributed by atoms with Crippen molar-refractivity contribution in [3.8, 4) is 0 Å². The van der Waals surface area contributed by atoms with Crippen LogP contribution in [0.5, 0.6) is 0 Å². The first-order valence-corrected chi connectivity index (χ1v) is 34.4. The Kier molecular flexibility index (Phi) is 27.9. The van der Waals surface area contributed by atoms with Gasteiger partial charge in [0.1, 0.15) is 47.5 Å². The number of thiophene rings is 1. The van der Waals surface area contributed by atoms with Gasteiger partial charge in [0.2, 0.25) is 41.4 Å². The number of fused-ring (bicyclic) bond motifs is 2. The summed E-state index contributed by atoms with van der Waals surface area (Å²) in [5, 5.41) is 49.1. The maximum Gasteiger partial charge on any atom is 0.408 e. The Morgan fingerprint density at radius 2 is 1.34 bits per heavy atom. The van der Waals surface area contributed by atoms with E-state index < -0.39 is 137 Å². The summed E-state index contributed by atoms with van der Waals surface area (Å²) in [5.41, 5.74) is 2.19. The zero-order valence-electron chi connectivity index (χ0n) is 53.6. The van der Waals surface area contributed by atoms with Crippen molar-refractivity contribution in [3.05, 3.63) is 113 Å². The molecule has 9 amide bonds. The first-order chi connectivity index (χ1) is 43.6. The van der Waals surface area contributed by atoms with Crippen molar-refractivity contribution in [2.24, 2.45) is 5.92 Å². The number of carbonyl (C=O) groups is 10. The van der Waals surface area contributed by atoms with Crippen LogP contribution in [0, 0.1) is 5.92 Å². The Hall–Kier alpha value is -7.52. The number of amides is 9. The predicted molar refractivity (Wildman–Crippen MR) is 356 cm³/mol. The molecule has 1 fully saturated rings. The molecule has 0 radical (unpaired) electrons. The van der Waals surface area contributed by atoms with Gasteiger partial charge in [0, 0.05) is 54.5 Å². The molecule has 2 heterocycles. The summed E-state index contributed by atoms with van der Waals surface area (Å²) in [6.07, 6.45) is -1.86. The van der Waals surface area contributed by atoms with E-state index in [0.717, 1.165) is 48.4 Å². The third-order valence-electron chi connectivity index (χ3n) is 14.9. The topological polar surface area (TPSA) is 338 Å². The fraction of sp³-hybridized carbons (Fsp3) is 0.515. The van der Waals surface area contributed by atoms with Crippen LogP contribution in [0.1, 0.15) is 123 Å². The molecule has 3 aromatic carbocycles. The van der Waals surface area contributed by atoms with Crippen molar-refractivity contribution >= 4 is 108 Å². The summed E-state index contributed by atoms with van der Waals surface area (Å²) < 4.78 is 11.9. The van der Waals surface area contributed by atoms with Crippen LogP contribution < -0.4 is 47.9 Å². The molecule has 1 aliphatic carbocycles. The van der Waals surface area contributed by atoms with Crippen LogP contribution in [0.15, 0.2) is 90.3 Å². The molecule has 2 aliphatic rings. The number of hydrogen-bond donors (Lipinski definition) is 11. The second-order valence-electron chi connectivity index (χ2n) is 25.0. The molecule has 11 N–H and O–H groups in total. The van der Waals surface area contributed by atoms with E-state index in [9.17, 15) is 43.8 Å². The monoisotopic (exact) mass is 1330 g/mol. The number of allylic oxidation sites excluding steroid dienone is 1. The molecule has 10 atom stereocenters. The minimum atomic E-state index is -1.78. The normalized spacial score (nSPS) is 21.0. The van der Waals surface area contributed by atoms with Gasteiger partial charge >= 0.3 is 12.2 Å². The van der Waals surface area contributed by atoms with Gasteiger partial charge in [-0.25, -0.2) is 9.59 Å². The maximum atomic E-state index is 15.5. The van der Waals surface area contributed by atoms with E-state index in [-0.39, 0.29) is 63.1 Å². The molecule has 92 heavy (non-hydrogen) atoms. The van der Waals surface area contributed by atoms with Gasteiger partial charge in [-0.1, -0.05) is 107 Å². The van der Waals surface area contributed by atoms with Crippen molar-refractivity contribution in [1.82, 2.24) is 47.9 Å². The summed E-state index contributed by atoms with van der Waals surface area (Å²) >= 11 is 1.44. The quantitative estimate of drug-likeness (QED) is 0.0364. The number of aliphatic hydroxyl groups is 2. The lowest BCUT2D eigenvalue weighted by molar-refractivity contribution is -0.137. The fourth-order valence-corrected chi connectivity index (χ4v) is 13.6. The highest BCUT2D eigenvalue weighted by molar-refractivity contribution is 8.76. The number of carbonyl (C=O) groups excluding carboxylic acids is 10. The lowest BCUT2D eigenvalue weighted by Crippen LogP contribution is -2.62. The highest BCUT2D eigenvalue weighted by Gasteiger charge is 2.38. The molecule has 0 spiro atoms. The molecule has 500 valence electrons. The molecule has 4 aromatic rings. The number of ketones is 1. The summed E-state index contributed by atoms with van der Waals surface area (Å²) in [4.78, 5) is 144. The van der Waals surface area contributed by atoms with Crippen molar-refractivity contribution in [2.45, 2.75) is 186 Å². The van der Waals surface area contributed by atoms with Gasteiger partial charge in [-0.05, 0) is 139 Å². The number of nitrogens with one attached hydrogen (secondary N) is 9. The number of Topliss-reactive ketones (excluding diaryl/α,β-unsaturated/α-hetero) is 1. The molecule has 0 bridgehead atoms. The number of alkyl carbamates (subject to hydrolysis) is 2. The number of benzene rings is 3. The van der Waals surface area contributed by atoms with Gasteiger partial charge in [-0.3, -0.25) is 38.4 Å². The van der Waals surface area contributed by atoms with Gasteiger partial charge in [-0.2, -0.15) is 0 Å². The third-order valence-corrected chi connectivity index (χ3v) is 18.3. The number of aliphatic hydroxyl groups excluding tert-OH is 2. The number of ether oxygens (including phenoxy) is 2. The average molecular weight is 1330 g/mol. The van der Waals surface area contributed by atoms with E-state index >= 15 is 14.4 Å². The molecule has 26 heteroatoms. The van der Waals surface area contributed by atoms with Gasteiger partial charge < -0.3 is 67.5 Å². The van der Waals surface area contributed by atoms with Crippen LogP contribution >= 0.6 is 32.9 Å². The van der Waals surface area contributed by atoms with E-state index in [4.69, 9.17) is 9.47 Å². The van der Waals surface area contributed by atoms with Crippen LogP contribution in [0.4, 0.5) is 9.59 Å². The van der Waals surface area contributed by atoms with E-state index in [0.29, 0.717) is 24.0 Å². The SMILES string of the molecule is CCCNC(=O)[C@@H](NC(=O)[C@@H]1CSSC[C@H](NC(=O)[C@@H](Cc2ccccc2)NC(=O)OC(C)(C)C)C(=O)C[C@@H](Cc2csc3ccccc23)C(=O)N[C@H](CC2=CCc3ccccc32)C(=O)N[C@@H](CCCCNC(=O)OC(C)(C)C)C(=O)N[C@@H]([C@@H](C)O)C(=O)N1)[C@@H](C)O. The maximum absolute atomic E-state index is 15.5. The van der Waals surface area contributed by atoms with E-state index in [1.54, 1.807) is 71.9 Å². The average Bonchev–Trinajstić information content (AvgIpc) is 1.66. The number of rotatable bonds is 21. The minimum absolute atomic E-state index is 0.00957. The molecule has 1 aromatic heterocycles. The summed E-state index contributed by atoms with van der Waals surface area (Å²) in [6, 6.07) is 13.6. The predicted octanol–water partition coefficient (Wildman–Crippen LogP) is 5.47. The van der Waals surface area contributed by atoms with Gasteiger partial charge in [-0.15, -0.1) is 11.3 Å².